The molecule has 1 aliphatic carbocycles. The molecule has 1 heterocycles. The first kappa shape index (κ1) is 12.8. The molecule has 0 spiro atoms. The molecule has 3 nitrogen and oxygen atoms in total. The highest BCUT2D eigenvalue weighted by atomic mass is 16.2. The molecule has 3 heteroatoms. The highest BCUT2D eigenvalue weighted by Crippen LogP contribution is 2.33. The Kier molecular flexibility index (Phi) is 2.61. The first-order valence-electron chi connectivity index (χ1n) is 6.15. The van der Waals surface area contributed by atoms with Gasteiger partial charge in [0.1, 0.15) is 0 Å². The summed E-state index contributed by atoms with van der Waals surface area (Å²) in [5.41, 5.74) is 0.406. The van der Waals surface area contributed by atoms with E-state index in [0.717, 1.165) is 0 Å². The number of carbonyl (C=O) groups excluding carboxylic acids is 2. The summed E-state index contributed by atoms with van der Waals surface area (Å²) in [5, 5.41) is 0. The Bertz CT molecular complexity index is 475. The van der Waals surface area contributed by atoms with Gasteiger partial charge in [-0.1, -0.05) is 38.2 Å². The average Bonchev–Trinajstić information content (AvgIpc) is 2.34. The minimum absolute atomic E-state index is 0.128. The Morgan fingerprint density at radius 2 is 1.33 bits per heavy atom. The summed E-state index contributed by atoms with van der Waals surface area (Å²) in [7, 11) is 0. The fourth-order valence-electron chi connectivity index (χ4n) is 2.15. The summed E-state index contributed by atoms with van der Waals surface area (Å²) >= 11 is 0. The largest absolute Gasteiger partial charge is 0.269 e. The minimum Gasteiger partial charge on any atom is -0.269 e. The Labute approximate surface area is 108 Å². The molecule has 0 aromatic carbocycles. The number of allylic oxidation sites excluding steroid dienone is 2. The van der Waals surface area contributed by atoms with Gasteiger partial charge in [0.25, 0.3) is 11.8 Å². The molecule has 2 rings (SSSR count). The molecular weight excluding hydrogens is 226 g/mol. The maximum absolute atomic E-state index is 12.3. The number of rotatable bonds is 0. The van der Waals surface area contributed by atoms with E-state index in [0.29, 0.717) is 11.1 Å². The van der Waals surface area contributed by atoms with E-state index in [4.69, 9.17) is 0 Å². The van der Waals surface area contributed by atoms with E-state index in [1.54, 1.807) is 12.2 Å². The zero-order chi connectivity index (χ0) is 13.7. The van der Waals surface area contributed by atoms with E-state index in [1.807, 2.05) is 46.8 Å². The molecule has 0 radical (unpaired) electrons. The molecule has 0 aromatic rings. The van der Waals surface area contributed by atoms with Crippen LogP contribution in [0, 0.1) is 5.41 Å². The lowest BCUT2D eigenvalue weighted by Crippen LogP contribution is -2.46. The maximum atomic E-state index is 12.3. The first-order valence-corrected chi connectivity index (χ1v) is 6.15. The van der Waals surface area contributed by atoms with E-state index in [9.17, 15) is 9.59 Å². The summed E-state index contributed by atoms with van der Waals surface area (Å²) in [6.45, 7) is 9.68. The lowest BCUT2D eigenvalue weighted by Gasteiger charge is -2.30. The second kappa shape index (κ2) is 3.67. The smallest absolute Gasteiger partial charge is 0.262 e. The van der Waals surface area contributed by atoms with Crippen LogP contribution in [0.5, 0.6) is 0 Å². The maximum Gasteiger partial charge on any atom is 0.262 e. The Hall–Kier alpha value is -1.64. The van der Waals surface area contributed by atoms with Gasteiger partial charge < -0.3 is 0 Å². The van der Waals surface area contributed by atoms with Crippen LogP contribution in [0.3, 0.4) is 0 Å². The standard InChI is InChI=1S/C15H19NO2/c1-14(2,3)16-12(17)10-6-8-15(4,5)9-7-11(10)13(16)18/h6-9H,1-5H3. The Morgan fingerprint density at radius 3 is 1.67 bits per heavy atom. The van der Waals surface area contributed by atoms with Gasteiger partial charge in [0.05, 0.1) is 11.1 Å². The van der Waals surface area contributed by atoms with Gasteiger partial charge in [-0.2, -0.15) is 0 Å². The molecule has 0 fully saturated rings. The number of amides is 2. The van der Waals surface area contributed by atoms with Crippen LogP contribution in [0.4, 0.5) is 0 Å². The average molecular weight is 245 g/mol. The van der Waals surface area contributed by atoms with Crippen LogP contribution in [-0.4, -0.2) is 22.3 Å². The van der Waals surface area contributed by atoms with E-state index >= 15 is 0 Å². The van der Waals surface area contributed by atoms with Gasteiger partial charge in [-0.05, 0) is 20.8 Å². The van der Waals surface area contributed by atoms with Gasteiger partial charge in [0, 0.05) is 11.0 Å². The lowest BCUT2D eigenvalue weighted by molar-refractivity contribution is -0.142. The molecule has 1 aliphatic heterocycles. The van der Waals surface area contributed by atoms with Gasteiger partial charge in [-0.25, -0.2) is 0 Å². The van der Waals surface area contributed by atoms with Crippen molar-refractivity contribution in [1.82, 2.24) is 4.90 Å². The lowest BCUT2D eigenvalue weighted by atomic mass is 9.93. The van der Waals surface area contributed by atoms with E-state index in [-0.39, 0.29) is 17.2 Å². The van der Waals surface area contributed by atoms with Crippen molar-refractivity contribution in [2.45, 2.75) is 40.2 Å². The topological polar surface area (TPSA) is 37.4 Å². The third-order valence-corrected chi connectivity index (χ3v) is 3.19. The number of hydrogen-bond acceptors (Lipinski definition) is 2. The molecule has 0 aromatic heterocycles. The summed E-state index contributed by atoms with van der Waals surface area (Å²) in [6.07, 6.45) is 7.48. The quantitative estimate of drug-likeness (QED) is 0.615. The fourth-order valence-corrected chi connectivity index (χ4v) is 2.15. The molecule has 18 heavy (non-hydrogen) atoms. The predicted octanol–water partition coefficient (Wildman–Crippen LogP) is 2.60. The highest BCUT2D eigenvalue weighted by Gasteiger charge is 2.42. The van der Waals surface area contributed by atoms with Gasteiger partial charge in [0.15, 0.2) is 0 Å². The van der Waals surface area contributed by atoms with Crippen molar-refractivity contribution in [3.05, 3.63) is 35.5 Å². The van der Waals surface area contributed by atoms with Gasteiger partial charge in [-0.15, -0.1) is 0 Å². The third-order valence-electron chi connectivity index (χ3n) is 3.19. The Balaban J connectivity index is 2.48. The van der Waals surface area contributed by atoms with Crippen molar-refractivity contribution in [3.63, 3.8) is 0 Å². The molecule has 0 saturated carbocycles. The first-order chi connectivity index (χ1) is 8.13. The summed E-state index contributed by atoms with van der Waals surface area (Å²) < 4.78 is 0. The molecule has 96 valence electrons. The van der Waals surface area contributed by atoms with Crippen molar-refractivity contribution in [2.75, 3.05) is 0 Å². The van der Waals surface area contributed by atoms with Crippen molar-refractivity contribution < 1.29 is 9.59 Å². The van der Waals surface area contributed by atoms with Crippen LogP contribution in [0.1, 0.15) is 34.6 Å². The van der Waals surface area contributed by atoms with Crippen LogP contribution in [0.2, 0.25) is 0 Å². The van der Waals surface area contributed by atoms with E-state index in [2.05, 4.69) is 0 Å². The number of imide groups is 1. The zero-order valence-electron chi connectivity index (χ0n) is 11.6. The van der Waals surface area contributed by atoms with Crippen LogP contribution in [-0.2, 0) is 9.59 Å². The van der Waals surface area contributed by atoms with Crippen molar-refractivity contribution in [3.8, 4) is 0 Å². The van der Waals surface area contributed by atoms with Crippen molar-refractivity contribution >= 4 is 11.8 Å². The highest BCUT2D eigenvalue weighted by molar-refractivity contribution is 6.22. The summed E-state index contributed by atoms with van der Waals surface area (Å²) in [4.78, 5) is 26.0. The summed E-state index contributed by atoms with van der Waals surface area (Å²) in [6, 6.07) is 0. The SMILES string of the molecule is CC1(C)C=CC2=C(C=C1)C(=O)N(C(C)(C)C)C2=O. The van der Waals surface area contributed by atoms with Crippen molar-refractivity contribution in [1.29, 1.82) is 0 Å². The molecule has 0 N–H and O–H groups in total. The Morgan fingerprint density at radius 1 is 0.944 bits per heavy atom. The molecule has 2 amide bonds. The van der Waals surface area contributed by atoms with Crippen LogP contribution in [0.25, 0.3) is 0 Å². The summed E-state index contributed by atoms with van der Waals surface area (Å²) in [5.74, 6) is -0.387. The predicted molar refractivity (Wildman–Crippen MR) is 70.7 cm³/mol. The molecule has 0 bridgehead atoms. The number of hydrogen-bond donors (Lipinski definition) is 0. The zero-order valence-corrected chi connectivity index (χ0v) is 11.6. The van der Waals surface area contributed by atoms with Gasteiger partial charge >= 0.3 is 0 Å². The number of carbonyl (C=O) groups is 2. The second-order valence-electron chi connectivity index (χ2n) is 6.43. The molecular formula is C15H19NO2. The molecule has 0 unspecified atom stereocenters. The van der Waals surface area contributed by atoms with Crippen molar-refractivity contribution in [2.24, 2.45) is 5.41 Å². The van der Waals surface area contributed by atoms with Crippen LogP contribution >= 0.6 is 0 Å². The normalized spacial score (nSPS) is 22.6. The van der Waals surface area contributed by atoms with E-state index < -0.39 is 5.54 Å². The monoisotopic (exact) mass is 245 g/mol. The minimum atomic E-state index is -0.489. The van der Waals surface area contributed by atoms with E-state index in [1.165, 1.54) is 4.90 Å². The third kappa shape index (κ3) is 1.94. The number of nitrogens with zero attached hydrogens (tertiary/aromatic N) is 1. The molecule has 2 aliphatic rings. The van der Waals surface area contributed by atoms with Crippen LogP contribution in [0.15, 0.2) is 35.5 Å². The van der Waals surface area contributed by atoms with Gasteiger partial charge in [-0.3, -0.25) is 14.5 Å². The second-order valence-corrected chi connectivity index (χ2v) is 6.43. The molecule has 0 saturated heterocycles. The molecule has 0 atom stereocenters. The van der Waals surface area contributed by atoms with Crippen LogP contribution < -0.4 is 0 Å². The fraction of sp³-hybridized carbons (Fsp3) is 0.467. The van der Waals surface area contributed by atoms with Gasteiger partial charge in [0.2, 0.25) is 0 Å².